The van der Waals surface area contributed by atoms with E-state index in [-0.39, 0.29) is 29.4 Å². The van der Waals surface area contributed by atoms with Crippen molar-refractivity contribution in [2.24, 2.45) is 12.0 Å². The van der Waals surface area contributed by atoms with Crippen molar-refractivity contribution < 1.29 is 0 Å². The van der Waals surface area contributed by atoms with Gasteiger partial charge in [0.05, 0.1) is 6.54 Å². The molecule has 138 valence electrons. The van der Waals surface area contributed by atoms with Gasteiger partial charge in [-0.2, -0.15) is 5.10 Å². The average molecular weight is 497 g/mol. The van der Waals surface area contributed by atoms with Crippen molar-refractivity contribution in [3.8, 4) is 0 Å². The van der Waals surface area contributed by atoms with Gasteiger partial charge in [0.1, 0.15) is 12.2 Å². The highest BCUT2D eigenvalue weighted by molar-refractivity contribution is 14.0. The first-order valence-electron chi connectivity index (χ1n) is 7.57. The molecule has 1 aromatic carbocycles. The Hall–Kier alpha value is -1.06. The molecule has 0 fully saturated rings. The zero-order chi connectivity index (χ0) is 17.7. The lowest BCUT2D eigenvalue weighted by atomic mass is 9.84. The molecule has 2 rings (SSSR count). The van der Waals surface area contributed by atoms with E-state index >= 15 is 0 Å². The Morgan fingerprint density at radius 2 is 1.88 bits per heavy atom. The van der Waals surface area contributed by atoms with Crippen LogP contribution in [0.3, 0.4) is 0 Å². The molecule has 2 aromatic rings. The van der Waals surface area contributed by atoms with Crippen LogP contribution >= 0.6 is 47.2 Å². The van der Waals surface area contributed by atoms with Gasteiger partial charge < -0.3 is 10.6 Å². The third-order valence-corrected chi connectivity index (χ3v) is 4.41. The van der Waals surface area contributed by atoms with Crippen molar-refractivity contribution in [1.29, 1.82) is 0 Å². The fourth-order valence-electron chi connectivity index (χ4n) is 2.40. The molecule has 9 heteroatoms. The lowest BCUT2D eigenvalue weighted by molar-refractivity contribution is 0.508. The smallest absolute Gasteiger partial charge is 0.191 e. The van der Waals surface area contributed by atoms with Crippen molar-refractivity contribution in [3.05, 3.63) is 46.0 Å². The van der Waals surface area contributed by atoms with Gasteiger partial charge >= 0.3 is 0 Å². The molecule has 0 aliphatic carbocycles. The van der Waals surface area contributed by atoms with Gasteiger partial charge in [0, 0.05) is 36.1 Å². The van der Waals surface area contributed by atoms with Crippen LogP contribution in [0, 0.1) is 0 Å². The molecule has 0 aliphatic heterocycles. The summed E-state index contributed by atoms with van der Waals surface area (Å²) in [5.41, 5.74) is 0.655. The Balaban J connectivity index is 0.00000312. The number of hydrogen-bond donors (Lipinski definition) is 2. The maximum atomic E-state index is 6.33. The minimum absolute atomic E-state index is 0. The number of benzene rings is 1. The van der Waals surface area contributed by atoms with Crippen LogP contribution in [0.2, 0.25) is 10.0 Å². The predicted molar refractivity (Wildman–Crippen MR) is 114 cm³/mol. The number of hydrogen-bond acceptors (Lipinski definition) is 3. The van der Waals surface area contributed by atoms with Crippen LogP contribution in [-0.2, 0) is 19.0 Å². The van der Waals surface area contributed by atoms with Crippen LogP contribution < -0.4 is 10.6 Å². The lowest BCUT2D eigenvalue weighted by Gasteiger charge is -2.28. The molecule has 0 unspecified atom stereocenters. The summed E-state index contributed by atoms with van der Waals surface area (Å²) < 4.78 is 1.72. The van der Waals surface area contributed by atoms with Crippen molar-refractivity contribution in [2.75, 3.05) is 13.6 Å². The Labute approximate surface area is 175 Å². The summed E-state index contributed by atoms with van der Waals surface area (Å²) in [4.78, 5) is 8.40. The van der Waals surface area contributed by atoms with E-state index in [1.165, 1.54) is 6.33 Å². The number of rotatable bonds is 5. The third-order valence-electron chi connectivity index (χ3n) is 3.78. The summed E-state index contributed by atoms with van der Waals surface area (Å²) >= 11 is 12.7. The summed E-state index contributed by atoms with van der Waals surface area (Å²) in [5, 5.41) is 11.9. The van der Waals surface area contributed by atoms with Crippen LogP contribution in [0.5, 0.6) is 0 Å². The predicted octanol–water partition coefficient (Wildman–Crippen LogP) is 3.38. The fourth-order valence-corrected chi connectivity index (χ4v) is 3.31. The van der Waals surface area contributed by atoms with E-state index in [9.17, 15) is 0 Å². The summed E-state index contributed by atoms with van der Waals surface area (Å²) in [6.07, 6.45) is 1.52. The van der Waals surface area contributed by atoms with E-state index in [1.54, 1.807) is 11.7 Å². The Bertz CT molecular complexity index is 709. The fraction of sp³-hybridized carbons (Fsp3) is 0.438. The van der Waals surface area contributed by atoms with Crippen LogP contribution in [-0.4, -0.2) is 34.3 Å². The highest BCUT2D eigenvalue weighted by Gasteiger charge is 2.26. The Morgan fingerprint density at radius 3 is 2.40 bits per heavy atom. The topological polar surface area (TPSA) is 67.1 Å². The number of nitrogens with one attached hydrogen (secondary N) is 2. The molecular formula is C16H23Cl2IN6. The average Bonchev–Trinajstić information content (AvgIpc) is 2.92. The van der Waals surface area contributed by atoms with Gasteiger partial charge in [0.25, 0.3) is 0 Å². The maximum Gasteiger partial charge on any atom is 0.191 e. The monoisotopic (exact) mass is 496 g/mol. The molecule has 25 heavy (non-hydrogen) atoms. The minimum atomic E-state index is -0.266. The molecule has 0 atom stereocenters. The number of guanidine groups is 1. The number of aliphatic imine (C=N–C) groups is 1. The summed E-state index contributed by atoms with van der Waals surface area (Å²) in [5.74, 6) is 1.50. The van der Waals surface area contributed by atoms with Crippen molar-refractivity contribution in [2.45, 2.75) is 25.8 Å². The van der Waals surface area contributed by atoms with Crippen molar-refractivity contribution in [3.63, 3.8) is 0 Å². The maximum absolute atomic E-state index is 6.33. The van der Waals surface area contributed by atoms with Gasteiger partial charge in [-0.3, -0.25) is 9.67 Å². The summed E-state index contributed by atoms with van der Waals surface area (Å²) in [7, 11) is 3.57. The van der Waals surface area contributed by atoms with Crippen LogP contribution in [0.25, 0.3) is 0 Å². The quantitative estimate of drug-likeness (QED) is 0.378. The molecule has 0 saturated carbocycles. The largest absolute Gasteiger partial charge is 0.356 e. The van der Waals surface area contributed by atoms with Gasteiger partial charge in [-0.15, -0.1) is 24.0 Å². The lowest BCUT2D eigenvalue weighted by Crippen LogP contribution is -2.43. The van der Waals surface area contributed by atoms with Gasteiger partial charge in [-0.1, -0.05) is 43.1 Å². The zero-order valence-corrected chi connectivity index (χ0v) is 18.5. The van der Waals surface area contributed by atoms with Crippen LogP contribution in [0.4, 0.5) is 0 Å². The van der Waals surface area contributed by atoms with E-state index in [1.807, 2.05) is 25.2 Å². The molecule has 0 saturated heterocycles. The summed E-state index contributed by atoms with van der Waals surface area (Å²) in [6, 6.07) is 5.55. The third kappa shape index (κ3) is 5.72. The molecule has 6 nitrogen and oxygen atoms in total. The first-order valence-corrected chi connectivity index (χ1v) is 8.32. The second kappa shape index (κ2) is 9.59. The van der Waals surface area contributed by atoms with Gasteiger partial charge in [0.2, 0.25) is 0 Å². The first-order chi connectivity index (χ1) is 11.3. The zero-order valence-electron chi connectivity index (χ0n) is 14.7. The standard InChI is InChI=1S/C16H22Cl2N6.HI/c1-16(2,14-11(17)6-5-7-12(14)18)9-21-15(19-3)20-8-13-22-10-23-24(13)4;/h5-7,10H,8-9H2,1-4H3,(H2,19,20,21);1H. The molecule has 0 spiro atoms. The van der Waals surface area contributed by atoms with Crippen molar-refractivity contribution >= 4 is 53.1 Å². The Kier molecular flexibility index (Phi) is 8.43. The van der Waals surface area contributed by atoms with Crippen molar-refractivity contribution in [1.82, 2.24) is 25.4 Å². The molecule has 0 bridgehead atoms. The number of halogens is 3. The van der Waals surface area contributed by atoms with E-state index in [4.69, 9.17) is 23.2 Å². The molecule has 2 N–H and O–H groups in total. The van der Waals surface area contributed by atoms with E-state index in [0.29, 0.717) is 29.1 Å². The van der Waals surface area contributed by atoms with Gasteiger partial charge in [-0.25, -0.2) is 4.98 Å². The number of aromatic nitrogens is 3. The molecule has 0 radical (unpaired) electrons. The molecular weight excluding hydrogens is 474 g/mol. The van der Waals surface area contributed by atoms with Crippen LogP contribution in [0.1, 0.15) is 25.2 Å². The van der Waals surface area contributed by atoms with Gasteiger partial charge in [-0.05, 0) is 17.7 Å². The number of nitrogens with zero attached hydrogens (tertiary/aromatic N) is 4. The van der Waals surface area contributed by atoms with Gasteiger partial charge in [0.15, 0.2) is 5.96 Å². The molecule has 0 amide bonds. The van der Waals surface area contributed by atoms with E-state index in [2.05, 4.69) is 39.6 Å². The molecule has 1 aromatic heterocycles. The first kappa shape index (κ1) is 22.0. The van der Waals surface area contributed by atoms with E-state index < -0.39 is 0 Å². The normalized spacial score (nSPS) is 11.8. The van der Waals surface area contributed by atoms with E-state index in [0.717, 1.165) is 11.4 Å². The SMILES string of the molecule is CN=C(NCc1ncnn1C)NCC(C)(C)c1c(Cl)cccc1Cl.I. The second-order valence-corrected chi connectivity index (χ2v) is 6.87. The van der Waals surface area contributed by atoms with Crippen LogP contribution in [0.15, 0.2) is 29.5 Å². The molecule has 1 heterocycles. The Morgan fingerprint density at radius 1 is 1.24 bits per heavy atom. The number of aryl methyl sites for hydroxylation is 1. The highest BCUT2D eigenvalue weighted by atomic mass is 127. The minimum Gasteiger partial charge on any atom is -0.356 e. The summed E-state index contributed by atoms with van der Waals surface area (Å²) in [6.45, 7) is 5.32. The molecule has 0 aliphatic rings. The second-order valence-electron chi connectivity index (χ2n) is 6.06. The highest BCUT2D eigenvalue weighted by Crippen LogP contribution is 2.35.